The zero-order valence-corrected chi connectivity index (χ0v) is 22.2. The summed E-state index contributed by atoms with van der Waals surface area (Å²) in [6.07, 6.45) is 3.66. The Kier molecular flexibility index (Phi) is 6.41. The minimum Gasteiger partial charge on any atom is -0.299 e. The standard InChI is InChI=1S/C29H31N5O3S/c1-21-9-11-24(12-10-21)38(36,37)33-19-15-26-27(25-8-5-16-30-28(25)33)31-34(29(26)35)23-13-17-32(18-14-23)20-22-6-3-2-4-7-22/h2-12,16,23,31H,13-15,17-20H2,1H3. The first-order valence-electron chi connectivity index (χ1n) is 13.1. The minimum atomic E-state index is -3.84. The Bertz CT molecular complexity index is 1600. The molecule has 38 heavy (non-hydrogen) atoms. The monoisotopic (exact) mass is 529 g/mol. The molecule has 1 N–H and O–H groups in total. The number of anilines is 1. The number of sulfonamides is 1. The van der Waals surface area contributed by atoms with Crippen LogP contribution in [-0.2, 0) is 23.0 Å². The molecule has 0 amide bonds. The molecule has 2 aliphatic rings. The molecule has 4 heterocycles. The average Bonchev–Trinajstić information content (AvgIpc) is 3.15. The van der Waals surface area contributed by atoms with Gasteiger partial charge in [0.1, 0.15) is 0 Å². The van der Waals surface area contributed by atoms with Gasteiger partial charge in [-0.15, -0.1) is 0 Å². The lowest BCUT2D eigenvalue weighted by molar-refractivity contribution is 0.171. The van der Waals surface area contributed by atoms with Crippen LogP contribution in [0.3, 0.4) is 0 Å². The van der Waals surface area contributed by atoms with Crippen LogP contribution in [0, 0.1) is 6.92 Å². The van der Waals surface area contributed by atoms with Crippen LogP contribution in [0.4, 0.5) is 5.82 Å². The predicted octanol–water partition coefficient (Wildman–Crippen LogP) is 4.14. The summed E-state index contributed by atoms with van der Waals surface area (Å²) in [5.41, 5.74) is 4.14. The van der Waals surface area contributed by atoms with Crippen molar-refractivity contribution in [3.63, 3.8) is 0 Å². The molecule has 0 radical (unpaired) electrons. The number of H-pyrrole nitrogens is 1. The molecule has 4 aromatic rings. The van der Waals surface area contributed by atoms with Crippen molar-refractivity contribution in [3.8, 4) is 11.3 Å². The summed E-state index contributed by atoms with van der Waals surface area (Å²) in [4.78, 5) is 20.8. The molecule has 0 spiro atoms. The molecule has 0 aliphatic carbocycles. The van der Waals surface area contributed by atoms with Crippen LogP contribution in [-0.4, -0.2) is 47.7 Å². The van der Waals surface area contributed by atoms with Gasteiger partial charge in [0.25, 0.3) is 15.6 Å². The molecule has 0 unspecified atom stereocenters. The van der Waals surface area contributed by atoms with E-state index in [2.05, 4.69) is 39.2 Å². The van der Waals surface area contributed by atoms with E-state index < -0.39 is 10.0 Å². The molecule has 8 nitrogen and oxygen atoms in total. The van der Waals surface area contributed by atoms with E-state index in [1.807, 2.05) is 19.1 Å². The Labute approximate surface area is 222 Å². The second-order valence-electron chi connectivity index (χ2n) is 10.1. The summed E-state index contributed by atoms with van der Waals surface area (Å²) in [7, 11) is -3.84. The van der Waals surface area contributed by atoms with Gasteiger partial charge in [-0.2, -0.15) is 0 Å². The second-order valence-corrected chi connectivity index (χ2v) is 12.0. The first kappa shape index (κ1) is 24.6. The highest BCUT2D eigenvalue weighted by atomic mass is 32.2. The maximum absolute atomic E-state index is 13.6. The highest BCUT2D eigenvalue weighted by molar-refractivity contribution is 7.92. The molecule has 0 atom stereocenters. The van der Waals surface area contributed by atoms with Crippen molar-refractivity contribution in [1.82, 2.24) is 19.7 Å². The SMILES string of the molecule is Cc1ccc(S(=O)(=O)N2CCc3c([nH]n(C4CCN(Cc5ccccc5)CC4)c3=O)-c3cccnc32)cc1. The van der Waals surface area contributed by atoms with Gasteiger partial charge in [0.2, 0.25) is 0 Å². The minimum absolute atomic E-state index is 0.0640. The highest BCUT2D eigenvalue weighted by Crippen LogP contribution is 2.36. The number of hydrogen-bond acceptors (Lipinski definition) is 5. The normalized spacial score (nSPS) is 16.6. The zero-order valence-electron chi connectivity index (χ0n) is 21.4. The van der Waals surface area contributed by atoms with Crippen LogP contribution >= 0.6 is 0 Å². The molecule has 196 valence electrons. The molecule has 6 rings (SSSR count). The third-order valence-corrected chi connectivity index (χ3v) is 9.45. The number of aromatic nitrogens is 3. The summed E-state index contributed by atoms with van der Waals surface area (Å²) in [5.74, 6) is 0.345. The molecule has 1 saturated heterocycles. The average molecular weight is 530 g/mol. The van der Waals surface area contributed by atoms with E-state index in [0.717, 1.165) is 38.0 Å². The van der Waals surface area contributed by atoms with E-state index in [1.165, 1.54) is 9.87 Å². The van der Waals surface area contributed by atoms with E-state index in [4.69, 9.17) is 0 Å². The summed E-state index contributed by atoms with van der Waals surface area (Å²) >= 11 is 0. The van der Waals surface area contributed by atoms with Crippen LogP contribution < -0.4 is 9.86 Å². The predicted molar refractivity (Wildman–Crippen MR) is 148 cm³/mol. The lowest BCUT2D eigenvalue weighted by Crippen LogP contribution is -2.37. The maximum atomic E-state index is 13.6. The van der Waals surface area contributed by atoms with Crippen LogP contribution in [0.5, 0.6) is 0 Å². The Balaban J connectivity index is 1.28. The third kappa shape index (κ3) is 4.46. The van der Waals surface area contributed by atoms with Gasteiger partial charge in [-0.25, -0.2) is 22.4 Å². The van der Waals surface area contributed by atoms with Crippen LogP contribution in [0.2, 0.25) is 0 Å². The number of aryl methyl sites for hydroxylation is 1. The lowest BCUT2D eigenvalue weighted by atomic mass is 10.0. The Hall–Kier alpha value is -3.69. The number of nitrogens with zero attached hydrogens (tertiary/aromatic N) is 4. The first-order valence-corrected chi connectivity index (χ1v) is 14.5. The van der Waals surface area contributed by atoms with E-state index in [-0.39, 0.29) is 23.0 Å². The van der Waals surface area contributed by atoms with Gasteiger partial charge in [-0.1, -0.05) is 48.0 Å². The molecular weight excluding hydrogens is 498 g/mol. The number of hydrogen-bond donors (Lipinski definition) is 1. The molecular formula is C29H31N5O3S. The Morgan fingerprint density at radius 2 is 1.68 bits per heavy atom. The van der Waals surface area contributed by atoms with E-state index >= 15 is 0 Å². The van der Waals surface area contributed by atoms with Crippen molar-refractivity contribution < 1.29 is 8.42 Å². The Morgan fingerprint density at radius 1 is 0.947 bits per heavy atom. The first-order chi connectivity index (χ1) is 18.4. The third-order valence-electron chi connectivity index (χ3n) is 7.65. The highest BCUT2D eigenvalue weighted by Gasteiger charge is 2.34. The molecule has 9 heteroatoms. The number of fused-ring (bicyclic) bond motifs is 3. The second kappa shape index (κ2) is 9.89. The maximum Gasteiger partial charge on any atom is 0.270 e. The van der Waals surface area contributed by atoms with Gasteiger partial charge < -0.3 is 0 Å². The fraction of sp³-hybridized carbons (Fsp3) is 0.310. The van der Waals surface area contributed by atoms with Crippen molar-refractivity contribution in [2.24, 2.45) is 0 Å². The Morgan fingerprint density at radius 3 is 2.42 bits per heavy atom. The molecule has 0 bridgehead atoms. The number of rotatable bonds is 5. The molecule has 2 aliphatic heterocycles. The zero-order chi connectivity index (χ0) is 26.3. The van der Waals surface area contributed by atoms with Gasteiger partial charge in [0.15, 0.2) is 5.82 Å². The van der Waals surface area contributed by atoms with E-state index in [1.54, 1.807) is 41.2 Å². The number of nitrogens with one attached hydrogen (secondary N) is 1. The largest absolute Gasteiger partial charge is 0.299 e. The summed E-state index contributed by atoms with van der Waals surface area (Å²) in [5, 5.41) is 3.38. The molecule has 0 saturated carbocycles. The van der Waals surface area contributed by atoms with Crippen LogP contribution in [0.1, 0.15) is 35.6 Å². The fourth-order valence-corrected chi connectivity index (χ4v) is 7.00. The van der Waals surface area contributed by atoms with Gasteiger partial charge in [0, 0.05) is 43.5 Å². The number of piperidine rings is 1. The lowest BCUT2D eigenvalue weighted by Gasteiger charge is -2.32. The number of likely N-dealkylation sites (tertiary alicyclic amines) is 1. The van der Waals surface area contributed by atoms with Crippen LogP contribution in [0.15, 0.2) is 82.6 Å². The van der Waals surface area contributed by atoms with E-state index in [9.17, 15) is 13.2 Å². The van der Waals surface area contributed by atoms with Crippen molar-refractivity contribution in [2.75, 3.05) is 23.9 Å². The summed E-state index contributed by atoms with van der Waals surface area (Å²) < 4.78 is 30.4. The van der Waals surface area contributed by atoms with Crippen molar-refractivity contribution in [1.29, 1.82) is 0 Å². The van der Waals surface area contributed by atoms with Crippen molar-refractivity contribution >= 4 is 15.8 Å². The molecule has 2 aromatic carbocycles. The van der Waals surface area contributed by atoms with Gasteiger partial charge in [0.05, 0.1) is 16.6 Å². The number of aromatic amines is 1. The van der Waals surface area contributed by atoms with Crippen LogP contribution in [0.25, 0.3) is 11.3 Å². The van der Waals surface area contributed by atoms with E-state index in [0.29, 0.717) is 29.1 Å². The topological polar surface area (TPSA) is 91.3 Å². The summed E-state index contributed by atoms with van der Waals surface area (Å²) in [6.45, 7) is 4.81. The van der Waals surface area contributed by atoms with Crippen molar-refractivity contribution in [2.45, 2.75) is 43.7 Å². The van der Waals surface area contributed by atoms with Gasteiger partial charge in [-0.3, -0.25) is 14.8 Å². The molecule has 2 aromatic heterocycles. The quantitative estimate of drug-likeness (QED) is 0.420. The number of pyridine rings is 1. The van der Waals surface area contributed by atoms with Gasteiger partial charge >= 0.3 is 0 Å². The smallest absolute Gasteiger partial charge is 0.270 e. The van der Waals surface area contributed by atoms with Gasteiger partial charge in [-0.05, 0) is 56.0 Å². The van der Waals surface area contributed by atoms with Crippen molar-refractivity contribution in [3.05, 3.63) is 100.0 Å². The summed E-state index contributed by atoms with van der Waals surface area (Å²) in [6, 6.07) is 21.0. The molecule has 1 fully saturated rings. The number of benzene rings is 2. The fourth-order valence-electron chi connectivity index (χ4n) is 5.56.